The number of hydrogen-bond acceptors (Lipinski definition) is 2. The molecule has 0 fully saturated rings. The molecule has 1 heterocycles. The van der Waals surface area contributed by atoms with Gasteiger partial charge >= 0.3 is 6.03 Å². The van der Waals surface area contributed by atoms with Crippen molar-refractivity contribution in [3.8, 4) is 0 Å². The second-order valence-electron chi connectivity index (χ2n) is 3.64. The van der Waals surface area contributed by atoms with Crippen LogP contribution in [0.3, 0.4) is 0 Å². The summed E-state index contributed by atoms with van der Waals surface area (Å²) < 4.78 is 0. The number of rotatable bonds is 2. The molecule has 1 aromatic heterocycles. The van der Waals surface area contributed by atoms with Gasteiger partial charge in [-0.05, 0) is 30.7 Å². The van der Waals surface area contributed by atoms with Gasteiger partial charge in [0.05, 0.1) is 11.9 Å². The fourth-order valence-electron chi connectivity index (χ4n) is 1.40. The van der Waals surface area contributed by atoms with Gasteiger partial charge in [0.1, 0.15) is 0 Å². The van der Waals surface area contributed by atoms with Gasteiger partial charge in [0.15, 0.2) is 0 Å². The molecule has 1 aromatic carbocycles. The standard InChI is InChI=1S/C13H13N3O/c1-10-7-8-14-9-12(10)16-13(17)15-11-5-3-2-4-6-11/h2-9H,1H3,(H2,15,16,17). The summed E-state index contributed by atoms with van der Waals surface area (Å²) in [7, 11) is 0. The van der Waals surface area contributed by atoms with Crippen molar-refractivity contribution >= 4 is 17.4 Å². The van der Waals surface area contributed by atoms with E-state index in [4.69, 9.17) is 0 Å². The second kappa shape index (κ2) is 5.12. The third-order valence-corrected chi connectivity index (χ3v) is 2.32. The first-order chi connectivity index (χ1) is 8.25. The zero-order valence-corrected chi connectivity index (χ0v) is 9.47. The largest absolute Gasteiger partial charge is 0.323 e. The lowest BCUT2D eigenvalue weighted by atomic mass is 10.2. The number of urea groups is 1. The van der Waals surface area contributed by atoms with Gasteiger partial charge in [0.25, 0.3) is 0 Å². The number of aromatic nitrogens is 1. The Morgan fingerprint density at radius 3 is 2.59 bits per heavy atom. The highest BCUT2D eigenvalue weighted by Gasteiger charge is 2.03. The van der Waals surface area contributed by atoms with E-state index in [2.05, 4.69) is 15.6 Å². The Morgan fingerprint density at radius 2 is 1.88 bits per heavy atom. The Labute approximate surface area is 99.7 Å². The van der Waals surface area contributed by atoms with Gasteiger partial charge in [-0.2, -0.15) is 0 Å². The minimum atomic E-state index is -0.271. The van der Waals surface area contributed by atoms with Crippen molar-refractivity contribution in [3.63, 3.8) is 0 Å². The number of carbonyl (C=O) groups excluding carboxylic acids is 1. The number of nitrogens with zero attached hydrogens (tertiary/aromatic N) is 1. The number of nitrogens with one attached hydrogen (secondary N) is 2. The van der Waals surface area contributed by atoms with Crippen molar-refractivity contribution in [1.82, 2.24) is 4.98 Å². The molecule has 0 saturated carbocycles. The molecule has 0 aliphatic carbocycles. The first-order valence-electron chi connectivity index (χ1n) is 5.29. The summed E-state index contributed by atoms with van der Waals surface area (Å²) in [5, 5.41) is 5.49. The van der Waals surface area contributed by atoms with E-state index < -0.39 is 0 Å². The Kier molecular flexibility index (Phi) is 3.35. The molecule has 17 heavy (non-hydrogen) atoms. The van der Waals surface area contributed by atoms with Crippen molar-refractivity contribution in [1.29, 1.82) is 0 Å². The highest BCUT2D eigenvalue weighted by Crippen LogP contribution is 2.12. The topological polar surface area (TPSA) is 54.0 Å². The van der Waals surface area contributed by atoms with Gasteiger partial charge in [-0.1, -0.05) is 18.2 Å². The molecular formula is C13H13N3O. The quantitative estimate of drug-likeness (QED) is 0.828. The summed E-state index contributed by atoms with van der Waals surface area (Å²) in [6.07, 6.45) is 3.32. The Bertz CT molecular complexity index is 511. The summed E-state index contributed by atoms with van der Waals surface area (Å²) in [6, 6.07) is 10.9. The van der Waals surface area contributed by atoms with Gasteiger partial charge in [-0.15, -0.1) is 0 Å². The van der Waals surface area contributed by atoms with Crippen LogP contribution in [0.15, 0.2) is 48.8 Å². The molecule has 0 atom stereocenters. The Balaban J connectivity index is 2.01. The maximum atomic E-state index is 11.7. The molecule has 4 nitrogen and oxygen atoms in total. The normalized spacial score (nSPS) is 9.71. The molecule has 0 aliphatic rings. The molecule has 0 radical (unpaired) electrons. The third kappa shape index (κ3) is 3.04. The summed E-state index contributed by atoms with van der Waals surface area (Å²) >= 11 is 0. The van der Waals surface area contributed by atoms with Gasteiger partial charge in [-0.3, -0.25) is 4.98 Å². The highest BCUT2D eigenvalue weighted by atomic mass is 16.2. The van der Waals surface area contributed by atoms with E-state index in [0.717, 1.165) is 11.3 Å². The molecule has 0 bridgehead atoms. The van der Waals surface area contributed by atoms with Crippen LogP contribution >= 0.6 is 0 Å². The van der Waals surface area contributed by atoms with Gasteiger partial charge in [0, 0.05) is 11.9 Å². The molecule has 2 rings (SSSR count). The summed E-state index contributed by atoms with van der Waals surface area (Å²) in [5.74, 6) is 0. The molecule has 0 saturated heterocycles. The Morgan fingerprint density at radius 1 is 1.12 bits per heavy atom. The minimum absolute atomic E-state index is 0.271. The molecule has 0 unspecified atom stereocenters. The monoisotopic (exact) mass is 227 g/mol. The molecule has 0 aliphatic heterocycles. The molecule has 4 heteroatoms. The maximum absolute atomic E-state index is 11.7. The van der Waals surface area contributed by atoms with E-state index in [1.54, 1.807) is 12.4 Å². The third-order valence-electron chi connectivity index (χ3n) is 2.32. The Hall–Kier alpha value is -2.36. The van der Waals surface area contributed by atoms with Crippen LogP contribution < -0.4 is 10.6 Å². The van der Waals surface area contributed by atoms with Gasteiger partial charge in [0.2, 0.25) is 0 Å². The predicted molar refractivity (Wildman–Crippen MR) is 68.1 cm³/mol. The fraction of sp³-hybridized carbons (Fsp3) is 0.0769. The van der Waals surface area contributed by atoms with Crippen LogP contribution in [0, 0.1) is 6.92 Å². The zero-order valence-electron chi connectivity index (χ0n) is 9.47. The lowest BCUT2D eigenvalue weighted by molar-refractivity contribution is 0.262. The number of aryl methyl sites for hydroxylation is 1. The highest BCUT2D eigenvalue weighted by molar-refractivity contribution is 6.00. The average Bonchev–Trinajstić information content (AvgIpc) is 2.33. The number of anilines is 2. The number of carbonyl (C=O) groups is 1. The van der Waals surface area contributed by atoms with Crippen LogP contribution in [0.25, 0.3) is 0 Å². The molecule has 2 N–H and O–H groups in total. The summed E-state index contributed by atoms with van der Waals surface area (Å²) in [5.41, 5.74) is 2.44. The fourth-order valence-corrected chi connectivity index (χ4v) is 1.40. The van der Waals surface area contributed by atoms with Crippen LogP contribution in [0.4, 0.5) is 16.2 Å². The number of hydrogen-bond donors (Lipinski definition) is 2. The van der Waals surface area contributed by atoms with Gasteiger partial charge < -0.3 is 10.6 Å². The number of para-hydroxylation sites is 1. The molecular weight excluding hydrogens is 214 g/mol. The number of pyridine rings is 1. The van der Waals surface area contributed by atoms with Crippen LogP contribution in [0.2, 0.25) is 0 Å². The van der Waals surface area contributed by atoms with E-state index in [1.807, 2.05) is 43.3 Å². The molecule has 2 aromatic rings. The van der Waals surface area contributed by atoms with E-state index in [9.17, 15) is 4.79 Å². The number of benzene rings is 1. The van der Waals surface area contributed by atoms with Crippen molar-refractivity contribution < 1.29 is 4.79 Å². The van der Waals surface area contributed by atoms with Crippen LogP contribution in [-0.4, -0.2) is 11.0 Å². The second-order valence-corrected chi connectivity index (χ2v) is 3.64. The van der Waals surface area contributed by atoms with Gasteiger partial charge in [-0.25, -0.2) is 4.79 Å². The lowest BCUT2D eigenvalue weighted by Gasteiger charge is -2.08. The molecule has 0 spiro atoms. The summed E-state index contributed by atoms with van der Waals surface area (Å²) in [4.78, 5) is 15.6. The smallest absolute Gasteiger partial charge is 0.308 e. The van der Waals surface area contributed by atoms with Crippen molar-refractivity contribution in [3.05, 3.63) is 54.4 Å². The van der Waals surface area contributed by atoms with E-state index in [0.29, 0.717) is 5.69 Å². The predicted octanol–water partition coefficient (Wildman–Crippen LogP) is 3.03. The first-order valence-corrected chi connectivity index (χ1v) is 5.29. The van der Waals surface area contributed by atoms with Crippen molar-refractivity contribution in [2.75, 3.05) is 10.6 Å². The van der Waals surface area contributed by atoms with Crippen molar-refractivity contribution in [2.24, 2.45) is 0 Å². The SMILES string of the molecule is Cc1ccncc1NC(=O)Nc1ccccc1. The first kappa shape index (κ1) is 11.1. The lowest BCUT2D eigenvalue weighted by Crippen LogP contribution is -2.19. The minimum Gasteiger partial charge on any atom is -0.308 e. The average molecular weight is 227 g/mol. The maximum Gasteiger partial charge on any atom is 0.323 e. The van der Waals surface area contributed by atoms with E-state index >= 15 is 0 Å². The summed E-state index contributed by atoms with van der Waals surface area (Å²) in [6.45, 7) is 1.92. The van der Waals surface area contributed by atoms with E-state index in [1.165, 1.54) is 0 Å². The van der Waals surface area contributed by atoms with E-state index in [-0.39, 0.29) is 6.03 Å². The van der Waals surface area contributed by atoms with Crippen LogP contribution in [0.1, 0.15) is 5.56 Å². The molecule has 86 valence electrons. The number of amides is 2. The molecule has 2 amide bonds. The van der Waals surface area contributed by atoms with Crippen LogP contribution in [-0.2, 0) is 0 Å². The van der Waals surface area contributed by atoms with Crippen molar-refractivity contribution in [2.45, 2.75) is 6.92 Å². The zero-order chi connectivity index (χ0) is 12.1. The van der Waals surface area contributed by atoms with Crippen LogP contribution in [0.5, 0.6) is 0 Å².